The highest BCUT2D eigenvalue weighted by Crippen LogP contribution is 2.37. The second kappa shape index (κ2) is 7.10. The number of amides is 1. The minimum absolute atomic E-state index is 0.108. The van der Waals surface area contributed by atoms with Gasteiger partial charge >= 0.3 is 0 Å². The second-order valence-electron chi connectivity index (χ2n) is 5.00. The molecule has 0 aliphatic carbocycles. The average Bonchev–Trinajstić information content (AvgIpc) is 2.85. The summed E-state index contributed by atoms with van der Waals surface area (Å²) in [6, 6.07) is 10.8. The Morgan fingerprint density at radius 2 is 2.04 bits per heavy atom. The minimum Gasteiger partial charge on any atom is -0.507 e. The van der Waals surface area contributed by atoms with Crippen LogP contribution in [0.25, 0.3) is 6.08 Å². The van der Waals surface area contributed by atoms with E-state index in [0.29, 0.717) is 18.5 Å². The summed E-state index contributed by atoms with van der Waals surface area (Å²) in [6.07, 6.45) is 1.68. The third-order valence-corrected chi connectivity index (χ3v) is 5.53. The highest BCUT2D eigenvalue weighted by molar-refractivity contribution is 14.1. The quantitative estimate of drug-likeness (QED) is 0.230. The molecule has 3 rings (SSSR count). The van der Waals surface area contributed by atoms with Gasteiger partial charge in [-0.2, -0.15) is 0 Å². The van der Waals surface area contributed by atoms with Crippen LogP contribution in [0.15, 0.2) is 47.4 Å². The fraction of sp³-hybridized carbons (Fsp3) is 0. The van der Waals surface area contributed by atoms with Gasteiger partial charge in [0.15, 0.2) is 4.32 Å². The number of nitro groups is 1. The van der Waals surface area contributed by atoms with Crippen molar-refractivity contribution in [3.05, 3.63) is 66.6 Å². The number of benzene rings is 2. The van der Waals surface area contributed by atoms with Crippen LogP contribution < -0.4 is 4.90 Å². The number of hydrogen-bond donors (Lipinski definition) is 1. The first kappa shape index (κ1) is 17.8. The molecule has 0 spiro atoms. The first-order valence-corrected chi connectivity index (χ1v) is 9.18. The van der Waals surface area contributed by atoms with Gasteiger partial charge < -0.3 is 5.11 Å². The van der Waals surface area contributed by atoms with Crippen LogP contribution in [-0.2, 0) is 4.79 Å². The van der Waals surface area contributed by atoms with Crippen LogP contribution in [0.1, 0.15) is 5.56 Å². The van der Waals surface area contributed by atoms with Crippen molar-refractivity contribution in [2.75, 3.05) is 4.90 Å². The molecule has 6 nitrogen and oxygen atoms in total. The number of aromatic hydroxyl groups is 1. The van der Waals surface area contributed by atoms with E-state index in [0.717, 1.165) is 17.3 Å². The van der Waals surface area contributed by atoms with Gasteiger partial charge in [0.2, 0.25) is 0 Å². The van der Waals surface area contributed by atoms with Crippen molar-refractivity contribution in [3.8, 4) is 5.75 Å². The van der Waals surface area contributed by atoms with Crippen molar-refractivity contribution in [3.63, 3.8) is 0 Å². The fourth-order valence-corrected chi connectivity index (χ4v) is 4.04. The molecule has 25 heavy (non-hydrogen) atoms. The average molecular weight is 484 g/mol. The van der Waals surface area contributed by atoms with E-state index >= 15 is 0 Å². The summed E-state index contributed by atoms with van der Waals surface area (Å²) in [5, 5.41) is 20.5. The van der Waals surface area contributed by atoms with Crippen LogP contribution in [0.5, 0.6) is 5.75 Å². The molecule has 0 atom stereocenters. The van der Waals surface area contributed by atoms with Crippen LogP contribution in [0, 0.1) is 13.7 Å². The Morgan fingerprint density at radius 3 is 2.72 bits per heavy atom. The summed E-state index contributed by atoms with van der Waals surface area (Å²) in [7, 11) is 0. The van der Waals surface area contributed by atoms with Crippen molar-refractivity contribution in [2.45, 2.75) is 0 Å². The number of halogens is 1. The summed E-state index contributed by atoms with van der Waals surface area (Å²) in [6.45, 7) is 0. The SMILES string of the molecule is O=C1/C(=C\c2ccc(O)c(I)c2)SC(=S)N1c1cccc([N+](=O)[O-])c1. The predicted octanol–water partition coefficient (Wildman–Crippen LogP) is 4.31. The number of non-ortho nitro benzene ring substituents is 1. The number of nitrogens with zero attached hydrogens (tertiary/aromatic N) is 2. The summed E-state index contributed by atoms with van der Waals surface area (Å²) in [5.74, 6) is -0.166. The van der Waals surface area contributed by atoms with Crippen molar-refractivity contribution in [2.24, 2.45) is 0 Å². The molecule has 1 aliphatic heterocycles. The predicted molar refractivity (Wildman–Crippen MR) is 110 cm³/mol. The van der Waals surface area contributed by atoms with Gasteiger partial charge in [0, 0.05) is 12.1 Å². The first-order chi connectivity index (χ1) is 11.9. The second-order valence-corrected chi connectivity index (χ2v) is 7.84. The number of phenolic OH excluding ortho intramolecular Hbond substituents is 1. The number of carbonyl (C=O) groups is 1. The van der Waals surface area contributed by atoms with Gasteiger partial charge in [0.25, 0.3) is 11.6 Å². The lowest BCUT2D eigenvalue weighted by Crippen LogP contribution is -2.27. The number of rotatable bonds is 3. The maximum Gasteiger partial charge on any atom is 0.271 e. The number of carbonyl (C=O) groups excluding carboxylic acids is 1. The highest BCUT2D eigenvalue weighted by atomic mass is 127. The number of hydrogen-bond acceptors (Lipinski definition) is 6. The largest absolute Gasteiger partial charge is 0.507 e. The lowest BCUT2D eigenvalue weighted by Gasteiger charge is -2.13. The van der Waals surface area contributed by atoms with E-state index in [-0.39, 0.29) is 17.3 Å². The third-order valence-electron chi connectivity index (χ3n) is 3.36. The molecule has 0 aromatic heterocycles. The Kier molecular flexibility index (Phi) is 5.06. The Labute approximate surface area is 165 Å². The molecule has 0 unspecified atom stereocenters. The van der Waals surface area contributed by atoms with E-state index in [1.54, 1.807) is 30.3 Å². The zero-order valence-electron chi connectivity index (χ0n) is 12.4. The number of anilines is 1. The molecule has 2 aromatic carbocycles. The summed E-state index contributed by atoms with van der Waals surface area (Å²) in [4.78, 5) is 24.8. The molecule has 1 fully saturated rings. The Balaban J connectivity index is 1.94. The van der Waals surface area contributed by atoms with Gasteiger partial charge in [-0.25, -0.2) is 0 Å². The zero-order valence-corrected chi connectivity index (χ0v) is 16.2. The molecule has 126 valence electrons. The number of phenols is 1. The van der Waals surface area contributed by atoms with Crippen LogP contribution in [0.4, 0.5) is 11.4 Å². The van der Waals surface area contributed by atoms with Gasteiger partial charge in [0.1, 0.15) is 5.75 Å². The number of thioether (sulfide) groups is 1. The molecule has 2 aromatic rings. The molecule has 1 saturated heterocycles. The topological polar surface area (TPSA) is 83.7 Å². The highest BCUT2D eigenvalue weighted by Gasteiger charge is 2.33. The first-order valence-electron chi connectivity index (χ1n) is 6.88. The van der Waals surface area contributed by atoms with Crippen LogP contribution in [0.3, 0.4) is 0 Å². The van der Waals surface area contributed by atoms with Crippen molar-refractivity contribution < 1.29 is 14.8 Å². The van der Waals surface area contributed by atoms with Crippen molar-refractivity contribution >= 4 is 74.2 Å². The normalized spacial score (nSPS) is 15.9. The molecule has 0 saturated carbocycles. The fourth-order valence-electron chi connectivity index (χ4n) is 2.20. The molecule has 1 heterocycles. The molecule has 0 radical (unpaired) electrons. The molecular weight excluding hydrogens is 475 g/mol. The Hall–Kier alpha value is -1.98. The zero-order chi connectivity index (χ0) is 18.1. The van der Waals surface area contributed by atoms with Crippen molar-refractivity contribution in [1.82, 2.24) is 0 Å². The minimum atomic E-state index is -0.518. The van der Waals surface area contributed by atoms with E-state index in [1.165, 1.54) is 23.1 Å². The van der Waals surface area contributed by atoms with E-state index in [2.05, 4.69) is 0 Å². The van der Waals surface area contributed by atoms with Gasteiger partial charge in [-0.05, 0) is 52.4 Å². The third kappa shape index (κ3) is 3.67. The van der Waals surface area contributed by atoms with Gasteiger partial charge in [0.05, 0.1) is 19.1 Å². The standard InChI is InChI=1S/C16H9IN2O4S2/c17-12-6-9(4-5-13(12)20)7-14-15(21)18(16(24)25-14)10-2-1-3-11(8-10)19(22)23/h1-8,20H/b14-7+. The maximum absolute atomic E-state index is 12.7. The summed E-state index contributed by atoms with van der Waals surface area (Å²) < 4.78 is 0.978. The number of thiocarbonyl (C=S) groups is 1. The molecule has 9 heteroatoms. The van der Waals surface area contributed by atoms with E-state index in [1.807, 2.05) is 22.6 Å². The smallest absolute Gasteiger partial charge is 0.271 e. The molecule has 0 bridgehead atoms. The Morgan fingerprint density at radius 1 is 1.28 bits per heavy atom. The van der Waals surface area contributed by atoms with Gasteiger partial charge in [-0.1, -0.05) is 36.1 Å². The Bertz CT molecular complexity index is 945. The van der Waals surface area contributed by atoms with Crippen LogP contribution >= 0.6 is 46.6 Å². The van der Waals surface area contributed by atoms with Crippen LogP contribution in [-0.4, -0.2) is 20.3 Å². The van der Waals surface area contributed by atoms with E-state index < -0.39 is 4.92 Å². The maximum atomic E-state index is 12.7. The van der Waals surface area contributed by atoms with E-state index in [4.69, 9.17) is 12.2 Å². The van der Waals surface area contributed by atoms with Gasteiger partial charge in [-0.15, -0.1) is 0 Å². The van der Waals surface area contributed by atoms with Crippen molar-refractivity contribution in [1.29, 1.82) is 0 Å². The molecular formula is C16H9IN2O4S2. The molecule has 1 amide bonds. The lowest BCUT2D eigenvalue weighted by atomic mass is 10.2. The molecule has 1 N–H and O–H groups in total. The number of nitro benzene ring substituents is 1. The summed E-state index contributed by atoms with van der Waals surface area (Å²) >= 11 is 8.39. The lowest BCUT2D eigenvalue weighted by molar-refractivity contribution is -0.384. The van der Waals surface area contributed by atoms with Gasteiger partial charge in [-0.3, -0.25) is 19.8 Å². The summed E-state index contributed by atoms with van der Waals surface area (Å²) in [5.41, 5.74) is 1.01. The van der Waals surface area contributed by atoms with Crippen LogP contribution in [0.2, 0.25) is 0 Å². The van der Waals surface area contributed by atoms with E-state index in [9.17, 15) is 20.0 Å². The monoisotopic (exact) mass is 484 g/mol. The molecule has 1 aliphatic rings.